The molecule has 6 heteroatoms. The molecule has 2 aromatic rings. The van der Waals surface area contributed by atoms with Crippen molar-refractivity contribution in [3.8, 4) is 0 Å². The molecule has 1 aliphatic rings. The number of alkyl carbamates (subject to hydrolysis) is 1. The summed E-state index contributed by atoms with van der Waals surface area (Å²) in [6.45, 7) is 5.47. The van der Waals surface area contributed by atoms with E-state index < -0.39 is 17.6 Å². The Hall–Kier alpha value is -2.86. The number of epoxide rings is 1. The zero-order valence-electron chi connectivity index (χ0n) is 18.5. The fraction of sp³-hybridized carbons (Fsp3) is 0.440. The van der Waals surface area contributed by atoms with Gasteiger partial charge in [0.2, 0.25) is 0 Å². The maximum absolute atomic E-state index is 12.5. The lowest BCUT2D eigenvalue weighted by atomic mass is 9.91. The third-order valence-electron chi connectivity index (χ3n) is 5.16. The molecule has 31 heavy (non-hydrogen) atoms. The molecule has 1 aliphatic heterocycles. The van der Waals surface area contributed by atoms with Crippen molar-refractivity contribution >= 4 is 12.1 Å². The summed E-state index contributed by atoms with van der Waals surface area (Å²) in [4.78, 5) is 25.0. The summed E-state index contributed by atoms with van der Waals surface area (Å²) in [7, 11) is 1.39. The largest absolute Gasteiger partial charge is 0.469 e. The highest BCUT2D eigenvalue weighted by molar-refractivity contribution is 5.74. The van der Waals surface area contributed by atoms with Gasteiger partial charge in [-0.25, -0.2) is 4.79 Å². The molecular weight excluding hydrogens is 394 g/mol. The maximum Gasteiger partial charge on any atom is 0.407 e. The second-order valence-corrected chi connectivity index (χ2v) is 8.83. The van der Waals surface area contributed by atoms with E-state index in [2.05, 4.69) is 5.32 Å². The van der Waals surface area contributed by atoms with Crippen LogP contribution in [0.5, 0.6) is 0 Å². The van der Waals surface area contributed by atoms with Crippen molar-refractivity contribution in [2.24, 2.45) is 5.92 Å². The van der Waals surface area contributed by atoms with E-state index in [9.17, 15) is 9.59 Å². The number of esters is 1. The Kier molecular flexibility index (Phi) is 7.33. The summed E-state index contributed by atoms with van der Waals surface area (Å²) >= 11 is 0. The van der Waals surface area contributed by atoms with Gasteiger partial charge in [-0.1, -0.05) is 60.7 Å². The molecule has 166 valence electrons. The number of amides is 1. The highest BCUT2D eigenvalue weighted by Crippen LogP contribution is 2.36. The summed E-state index contributed by atoms with van der Waals surface area (Å²) in [5.41, 5.74) is 1.50. The Morgan fingerprint density at radius 1 is 0.935 bits per heavy atom. The first-order valence-corrected chi connectivity index (χ1v) is 10.6. The number of hydrogen-bond acceptors (Lipinski definition) is 5. The lowest BCUT2D eigenvalue weighted by Gasteiger charge is -2.23. The van der Waals surface area contributed by atoms with Crippen molar-refractivity contribution in [2.75, 3.05) is 7.11 Å². The fourth-order valence-corrected chi connectivity index (χ4v) is 3.71. The predicted octanol–water partition coefficient (Wildman–Crippen LogP) is 3.92. The van der Waals surface area contributed by atoms with E-state index >= 15 is 0 Å². The van der Waals surface area contributed by atoms with E-state index in [0.717, 1.165) is 11.1 Å². The topological polar surface area (TPSA) is 77.2 Å². The minimum absolute atomic E-state index is 0.305. The third-order valence-corrected chi connectivity index (χ3v) is 5.16. The fourth-order valence-electron chi connectivity index (χ4n) is 3.71. The molecule has 0 radical (unpaired) electrons. The highest BCUT2D eigenvalue weighted by Gasteiger charge is 2.52. The van der Waals surface area contributed by atoms with Crippen LogP contribution < -0.4 is 5.32 Å². The van der Waals surface area contributed by atoms with E-state index in [4.69, 9.17) is 14.2 Å². The smallest absolute Gasteiger partial charge is 0.407 e. The molecule has 4 atom stereocenters. The molecule has 1 saturated heterocycles. The minimum atomic E-state index is -0.604. The second-order valence-electron chi connectivity index (χ2n) is 8.83. The average Bonchev–Trinajstić information content (AvgIpc) is 3.52. The quantitative estimate of drug-likeness (QED) is 0.512. The molecule has 1 fully saturated rings. The zero-order valence-corrected chi connectivity index (χ0v) is 18.5. The van der Waals surface area contributed by atoms with Crippen LogP contribution in [0.4, 0.5) is 4.79 Å². The average molecular weight is 426 g/mol. The van der Waals surface area contributed by atoms with E-state index in [0.29, 0.717) is 12.8 Å². The van der Waals surface area contributed by atoms with E-state index in [1.165, 1.54) is 7.11 Å². The van der Waals surface area contributed by atoms with Crippen LogP contribution in [0.1, 0.15) is 31.9 Å². The molecule has 0 aromatic heterocycles. The lowest BCUT2D eigenvalue weighted by molar-refractivity contribution is -0.146. The predicted molar refractivity (Wildman–Crippen MR) is 118 cm³/mol. The summed E-state index contributed by atoms with van der Waals surface area (Å²) in [5, 5.41) is 2.95. The number of hydrogen-bond donors (Lipinski definition) is 1. The Labute approximate surface area is 183 Å². The first kappa shape index (κ1) is 22.8. The van der Waals surface area contributed by atoms with Crippen LogP contribution in [-0.4, -0.2) is 43.0 Å². The van der Waals surface area contributed by atoms with Gasteiger partial charge in [0.1, 0.15) is 11.7 Å². The normalized spacial score (nSPS) is 19.7. The number of carbonyl (C=O) groups is 2. The molecule has 0 bridgehead atoms. The van der Waals surface area contributed by atoms with Crippen molar-refractivity contribution in [1.29, 1.82) is 0 Å². The summed E-state index contributed by atoms with van der Waals surface area (Å²) < 4.78 is 16.5. The standard InChI is InChI=1S/C25H31NO5/c1-25(2,3)31-24(28)26-20(16-18-13-9-6-10-14-18)22-21(30-22)19(23(27)29-4)15-17-11-7-5-8-12-17/h5-14,19-22H,15-16H2,1-4H3,(H,26,28)/t19-,20+,21+,22+/m1/s1. The van der Waals surface area contributed by atoms with Crippen LogP contribution in [0, 0.1) is 5.92 Å². The van der Waals surface area contributed by atoms with Gasteiger partial charge in [-0.05, 0) is 44.7 Å². The number of rotatable bonds is 8. The SMILES string of the molecule is COC(=O)[C@H](Cc1ccccc1)[C@@H]1O[C@H]1[C@H](Cc1ccccc1)NC(=O)OC(C)(C)C. The number of methoxy groups -OCH3 is 1. The van der Waals surface area contributed by atoms with Gasteiger partial charge in [0, 0.05) is 0 Å². The number of ether oxygens (including phenoxy) is 3. The molecule has 0 saturated carbocycles. The Morgan fingerprint density at radius 3 is 2.00 bits per heavy atom. The van der Waals surface area contributed by atoms with Crippen LogP contribution in [0.15, 0.2) is 60.7 Å². The first-order chi connectivity index (χ1) is 14.8. The zero-order chi connectivity index (χ0) is 22.4. The van der Waals surface area contributed by atoms with Gasteiger partial charge in [0.25, 0.3) is 0 Å². The number of benzene rings is 2. The van der Waals surface area contributed by atoms with Crippen LogP contribution in [0.2, 0.25) is 0 Å². The van der Waals surface area contributed by atoms with E-state index in [1.807, 2.05) is 81.4 Å². The molecule has 1 N–H and O–H groups in total. The monoisotopic (exact) mass is 425 g/mol. The Bertz CT molecular complexity index is 862. The Morgan fingerprint density at radius 2 is 1.48 bits per heavy atom. The third kappa shape index (κ3) is 6.82. The molecule has 0 aliphatic carbocycles. The van der Waals surface area contributed by atoms with Gasteiger partial charge in [0.05, 0.1) is 25.2 Å². The summed E-state index contributed by atoms with van der Waals surface area (Å²) in [6, 6.07) is 19.3. The molecular formula is C25H31NO5. The van der Waals surface area contributed by atoms with Crippen LogP contribution in [0.25, 0.3) is 0 Å². The highest BCUT2D eigenvalue weighted by atomic mass is 16.6. The molecule has 1 amide bonds. The van der Waals surface area contributed by atoms with Crippen LogP contribution >= 0.6 is 0 Å². The molecule has 1 heterocycles. The first-order valence-electron chi connectivity index (χ1n) is 10.6. The maximum atomic E-state index is 12.5. The van der Waals surface area contributed by atoms with Crippen LogP contribution in [0.3, 0.4) is 0 Å². The van der Waals surface area contributed by atoms with Gasteiger partial charge in [-0.15, -0.1) is 0 Å². The molecule has 0 spiro atoms. The lowest BCUT2D eigenvalue weighted by Crippen LogP contribution is -2.44. The van der Waals surface area contributed by atoms with Gasteiger partial charge in [0.15, 0.2) is 0 Å². The minimum Gasteiger partial charge on any atom is -0.469 e. The van der Waals surface area contributed by atoms with Crippen molar-refractivity contribution in [3.05, 3.63) is 71.8 Å². The Balaban J connectivity index is 1.75. The summed E-state index contributed by atoms with van der Waals surface area (Å²) in [6.07, 6.45) is -0.0585. The van der Waals surface area contributed by atoms with Crippen molar-refractivity contribution in [3.63, 3.8) is 0 Å². The van der Waals surface area contributed by atoms with Crippen molar-refractivity contribution in [1.82, 2.24) is 5.32 Å². The van der Waals surface area contributed by atoms with E-state index in [-0.39, 0.29) is 24.2 Å². The molecule has 0 unspecified atom stereocenters. The van der Waals surface area contributed by atoms with Gasteiger partial charge in [-0.3, -0.25) is 4.79 Å². The summed E-state index contributed by atoms with van der Waals surface area (Å²) in [5.74, 6) is -0.761. The number of carbonyl (C=O) groups excluding carboxylic acids is 2. The van der Waals surface area contributed by atoms with Crippen molar-refractivity contribution in [2.45, 2.75) is 57.5 Å². The van der Waals surface area contributed by atoms with Crippen molar-refractivity contribution < 1.29 is 23.8 Å². The van der Waals surface area contributed by atoms with Gasteiger partial charge in [-0.2, -0.15) is 0 Å². The second kappa shape index (κ2) is 9.96. The van der Waals surface area contributed by atoms with Crippen LogP contribution in [-0.2, 0) is 31.8 Å². The molecule has 2 aromatic carbocycles. The number of nitrogens with one attached hydrogen (secondary N) is 1. The van der Waals surface area contributed by atoms with Gasteiger partial charge >= 0.3 is 12.1 Å². The molecule has 3 rings (SSSR count). The van der Waals surface area contributed by atoms with E-state index in [1.54, 1.807) is 0 Å². The molecule has 6 nitrogen and oxygen atoms in total. The van der Waals surface area contributed by atoms with Gasteiger partial charge < -0.3 is 19.5 Å².